The predicted molar refractivity (Wildman–Crippen MR) is 119 cm³/mol. The highest BCUT2D eigenvalue weighted by Crippen LogP contribution is 2.29. The van der Waals surface area contributed by atoms with E-state index in [0.29, 0.717) is 5.69 Å². The highest BCUT2D eigenvalue weighted by Gasteiger charge is 2.44. The Balaban J connectivity index is 1.69. The van der Waals surface area contributed by atoms with E-state index in [1.165, 1.54) is 40.5 Å². The summed E-state index contributed by atoms with van der Waals surface area (Å²) in [6.45, 7) is 2.02. The zero-order valence-electron chi connectivity index (χ0n) is 17.1. The number of carbonyl (C=O) groups is 3. The second-order valence-electron chi connectivity index (χ2n) is 7.44. The summed E-state index contributed by atoms with van der Waals surface area (Å²) in [5.74, 6) is -1.43. The van der Waals surface area contributed by atoms with Crippen LogP contribution in [0.2, 0.25) is 0 Å². The maximum absolute atomic E-state index is 13.4. The Bertz CT molecular complexity index is 1190. The van der Waals surface area contributed by atoms with Gasteiger partial charge in [0.1, 0.15) is 6.04 Å². The van der Waals surface area contributed by atoms with Gasteiger partial charge in [0.05, 0.1) is 23.6 Å². The first-order chi connectivity index (χ1) is 15.3. The number of nitro groups is 1. The molecule has 1 unspecified atom stereocenters. The van der Waals surface area contributed by atoms with Crippen LogP contribution < -0.4 is 4.90 Å². The van der Waals surface area contributed by atoms with Crippen molar-refractivity contribution < 1.29 is 19.3 Å². The first-order valence-corrected chi connectivity index (χ1v) is 10.7. The van der Waals surface area contributed by atoms with E-state index in [0.717, 1.165) is 15.3 Å². The monoisotopic (exact) mass is 449 g/mol. The Labute approximate surface area is 187 Å². The molecule has 0 N–H and O–H groups in total. The topological polar surface area (TPSA) is 101 Å². The summed E-state index contributed by atoms with van der Waals surface area (Å²) in [4.78, 5) is 53.3. The van der Waals surface area contributed by atoms with Crippen LogP contribution in [0.4, 0.5) is 11.4 Å². The number of anilines is 1. The summed E-state index contributed by atoms with van der Waals surface area (Å²) in [6.07, 6.45) is -0.154. The second kappa shape index (κ2) is 8.72. The van der Waals surface area contributed by atoms with E-state index in [-0.39, 0.29) is 24.2 Å². The summed E-state index contributed by atoms with van der Waals surface area (Å²) in [6, 6.07) is 15.0. The molecule has 1 aliphatic heterocycles. The maximum atomic E-state index is 13.4. The molecule has 8 nitrogen and oxygen atoms in total. The van der Waals surface area contributed by atoms with Crippen molar-refractivity contribution in [3.05, 3.63) is 92.2 Å². The number of imide groups is 1. The minimum atomic E-state index is -1.00. The number of aryl methyl sites for hydroxylation is 1. The lowest BCUT2D eigenvalue weighted by Crippen LogP contribution is -2.45. The maximum Gasteiger partial charge on any atom is 0.270 e. The number of amides is 3. The third kappa shape index (κ3) is 4.15. The van der Waals surface area contributed by atoms with Gasteiger partial charge in [0.15, 0.2) is 0 Å². The molecule has 3 aromatic rings. The smallest absolute Gasteiger partial charge is 0.270 e. The van der Waals surface area contributed by atoms with Crippen LogP contribution in [0.15, 0.2) is 66.0 Å². The van der Waals surface area contributed by atoms with Crippen molar-refractivity contribution in [1.29, 1.82) is 0 Å². The number of hydrogen-bond donors (Lipinski definition) is 0. The fourth-order valence-corrected chi connectivity index (χ4v) is 4.34. The third-order valence-electron chi connectivity index (χ3n) is 5.26. The van der Waals surface area contributed by atoms with Crippen LogP contribution in [0.3, 0.4) is 0 Å². The molecule has 0 radical (unpaired) electrons. The molecule has 2 aromatic carbocycles. The van der Waals surface area contributed by atoms with Crippen LogP contribution >= 0.6 is 11.3 Å². The number of thiophene rings is 1. The van der Waals surface area contributed by atoms with Crippen LogP contribution in [0.1, 0.15) is 27.2 Å². The molecule has 1 atom stereocenters. The van der Waals surface area contributed by atoms with Gasteiger partial charge in [-0.05, 0) is 36.6 Å². The molecule has 1 saturated heterocycles. The van der Waals surface area contributed by atoms with Gasteiger partial charge in [-0.25, -0.2) is 4.90 Å². The summed E-state index contributed by atoms with van der Waals surface area (Å²) < 4.78 is 0. The highest BCUT2D eigenvalue weighted by atomic mass is 32.1. The van der Waals surface area contributed by atoms with Gasteiger partial charge >= 0.3 is 0 Å². The molecule has 1 aliphatic rings. The number of non-ortho nitro benzene ring substituents is 1. The van der Waals surface area contributed by atoms with E-state index in [2.05, 4.69) is 0 Å². The molecule has 0 spiro atoms. The van der Waals surface area contributed by atoms with Crippen molar-refractivity contribution in [1.82, 2.24) is 4.90 Å². The van der Waals surface area contributed by atoms with Gasteiger partial charge < -0.3 is 4.90 Å². The summed E-state index contributed by atoms with van der Waals surface area (Å²) in [7, 11) is 0. The normalized spacial score (nSPS) is 15.8. The van der Waals surface area contributed by atoms with E-state index in [4.69, 9.17) is 0 Å². The van der Waals surface area contributed by atoms with Crippen LogP contribution in [0, 0.1) is 17.0 Å². The molecule has 2 heterocycles. The van der Waals surface area contributed by atoms with E-state index in [1.54, 1.807) is 24.3 Å². The lowest BCUT2D eigenvalue weighted by Gasteiger charge is -2.27. The summed E-state index contributed by atoms with van der Waals surface area (Å²) >= 11 is 1.42. The predicted octanol–water partition coefficient (Wildman–Crippen LogP) is 3.94. The molecule has 9 heteroatoms. The van der Waals surface area contributed by atoms with Gasteiger partial charge in [0.25, 0.3) is 17.5 Å². The number of benzene rings is 2. The van der Waals surface area contributed by atoms with E-state index >= 15 is 0 Å². The van der Waals surface area contributed by atoms with Crippen molar-refractivity contribution >= 4 is 40.4 Å². The molecule has 162 valence electrons. The van der Waals surface area contributed by atoms with Crippen molar-refractivity contribution in [3.8, 4) is 0 Å². The SMILES string of the molecule is Cc1ccc(N2C(=O)CC(N(Cc3cccs3)C(=O)c3cccc([N+](=O)[O-])c3)C2=O)cc1. The van der Waals surface area contributed by atoms with Gasteiger partial charge in [-0.2, -0.15) is 0 Å². The average Bonchev–Trinajstić information content (AvgIpc) is 3.40. The van der Waals surface area contributed by atoms with Crippen LogP contribution in [0.5, 0.6) is 0 Å². The number of nitro benzene ring substituents is 1. The minimum absolute atomic E-state index is 0.0878. The van der Waals surface area contributed by atoms with Crippen LogP contribution in [0.25, 0.3) is 0 Å². The minimum Gasteiger partial charge on any atom is -0.321 e. The van der Waals surface area contributed by atoms with Crippen molar-refractivity contribution in [3.63, 3.8) is 0 Å². The molecule has 1 aromatic heterocycles. The van der Waals surface area contributed by atoms with Gasteiger partial charge in [0.2, 0.25) is 5.91 Å². The third-order valence-corrected chi connectivity index (χ3v) is 6.12. The second-order valence-corrected chi connectivity index (χ2v) is 8.47. The lowest BCUT2D eigenvalue weighted by molar-refractivity contribution is -0.384. The first-order valence-electron chi connectivity index (χ1n) is 9.86. The van der Waals surface area contributed by atoms with E-state index in [1.807, 2.05) is 24.4 Å². The van der Waals surface area contributed by atoms with Gasteiger partial charge in [-0.1, -0.05) is 29.8 Å². The van der Waals surface area contributed by atoms with Crippen LogP contribution in [-0.4, -0.2) is 33.6 Å². The Hall–Kier alpha value is -3.85. The van der Waals surface area contributed by atoms with Gasteiger partial charge in [-0.3, -0.25) is 24.5 Å². The summed E-state index contributed by atoms with van der Waals surface area (Å²) in [5, 5.41) is 13.0. The molecular weight excluding hydrogens is 430 g/mol. The van der Waals surface area contributed by atoms with Crippen molar-refractivity contribution in [2.75, 3.05) is 4.90 Å². The Morgan fingerprint density at radius 2 is 1.91 bits per heavy atom. The van der Waals surface area contributed by atoms with E-state index < -0.39 is 28.7 Å². The van der Waals surface area contributed by atoms with Crippen LogP contribution in [-0.2, 0) is 16.1 Å². The number of hydrogen-bond acceptors (Lipinski definition) is 6. The number of nitrogens with zero attached hydrogens (tertiary/aromatic N) is 3. The molecule has 0 saturated carbocycles. The highest BCUT2D eigenvalue weighted by molar-refractivity contribution is 7.09. The van der Waals surface area contributed by atoms with Crippen molar-refractivity contribution in [2.24, 2.45) is 0 Å². The van der Waals surface area contributed by atoms with Gasteiger partial charge in [0, 0.05) is 22.6 Å². The van der Waals surface area contributed by atoms with Gasteiger partial charge in [-0.15, -0.1) is 11.3 Å². The quantitative estimate of drug-likeness (QED) is 0.322. The molecule has 0 bridgehead atoms. The standard InChI is InChI=1S/C23H19N3O5S/c1-15-7-9-17(10-8-15)25-21(27)13-20(23(25)29)24(14-19-6-3-11-32-19)22(28)16-4-2-5-18(12-16)26(30)31/h2-12,20H,13-14H2,1H3. The number of carbonyl (C=O) groups excluding carboxylic acids is 3. The molecule has 3 amide bonds. The molecule has 32 heavy (non-hydrogen) atoms. The number of rotatable bonds is 6. The molecule has 4 rings (SSSR count). The fourth-order valence-electron chi connectivity index (χ4n) is 3.64. The van der Waals surface area contributed by atoms with Crippen molar-refractivity contribution in [2.45, 2.75) is 25.9 Å². The molecular formula is C23H19N3O5S. The molecule has 0 aliphatic carbocycles. The lowest BCUT2D eigenvalue weighted by atomic mass is 10.1. The zero-order valence-corrected chi connectivity index (χ0v) is 18.0. The first kappa shape index (κ1) is 21.4. The Morgan fingerprint density at radius 3 is 2.56 bits per heavy atom. The molecule has 1 fully saturated rings. The Morgan fingerprint density at radius 1 is 1.16 bits per heavy atom. The summed E-state index contributed by atoms with van der Waals surface area (Å²) in [5.41, 5.74) is 1.31. The largest absolute Gasteiger partial charge is 0.321 e. The average molecular weight is 449 g/mol. The van der Waals surface area contributed by atoms with E-state index in [9.17, 15) is 24.5 Å². The fraction of sp³-hybridized carbons (Fsp3) is 0.174. The zero-order chi connectivity index (χ0) is 22.8. The Kier molecular flexibility index (Phi) is 5.83.